The SMILES string of the molecule is CCCNC(=O)CN1CCN(CN2C(=O)NC3(CCCCCC3)C2=O)CC1. The van der Waals surface area contributed by atoms with Crippen LogP contribution in [0.15, 0.2) is 0 Å². The third-order valence-electron chi connectivity index (χ3n) is 5.95. The number of urea groups is 1. The van der Waals surface area contributed by atoms with Gasteiger partial charge in [-0.15, -0.1) is 0 Å². The van der Waals surface area contributed by atoms with Gasteiger partial charge in [0.05, 0.1) is 13.2 Å². The Labute approximate surface area is 161 Å². The third kappa shape index (κ3) is 4.79. The van der Waals surface area contributed by atoms with E-state index in [0.29, 0.717) is 19.8 Å². The highest BCUT2D eigenvalue weighted by Gasteiger charge is 2.50. The molecule has 8 nitrogen and oxygen atoms in total. The Morgan fingerprint density at radius 1 is 1.04 bits per heavy atom. The highest BCUT2D eigenvalue weighted by molar-refractivity contribution is 6.07. The molecule has 3 aliphatic rings. The molecule has 27 heavy (non-hydrogen) atoms. The van der Waals surface area contributed by atoms with Crippen LogP contribution in [0.4, 0.5) is 4.79 Å². The van der Waals surface area contributed by atoms with Crippen LogP contribution in [-0.2, 0) is 9.59 Å². The van der Waals surface area contributed by atoms with Crippen LogP contribution in [0, 0.1) is 0 Å². The van der Waals surface area contributed by atoms with Gasteiger partial charge in [0.2, 0.25) is 5.91 Å². The minimum absolute atomic E-state index is 0.0456. The van der Waals surface area contributed by atoms with E-state index in [0.717, 1.165) is 71.1 Å². The highest BCUT2D eigenvalue weighted by atomic mass is 16.2. The smallest absolute Gasteiger partial charge is 0.326 e. The molecular formula is C19H33N5O3. The van der Waals surface area contributed by atoms with E-state index in [4.69, 9.17) is 0 Å². The fraction of sp³-hybridized carbons (Fsp3) is 0.842. The number of carbonyl (C=O) groups excluding carboxylic acids is 3. The molecule has 3 fully saturated rings. The predicted octanol–water partition coefficient (Wildman–Crippen LogP) is 0.733. The fourth-order valence-corrected chi connectivity index (χ4v) is 4.29. The normalized spacial score (nSPS) is 24.1. The molecule has 2 heterocycles. The first-order valence-corrected chi connectivity index (χ1v) is 10.4. The van der Waals surface area contributed by atoms with Gasteiger partial charge in [0.25, 0.3) is 5.91 Å². The van der Waals surface area contributed by atoms with Crippen LogP contribution in [0.5, 0.6) is 0 Å². The van der Waals surface area contributed by atoms with Gasteiger partial charge in [-0.1, -0.05) is 32.6 Å². The van der Waals surface area contributed by atoms with Gasteiger partial charge < -0.3 is 10.6 Å². The van der Waals surface area contributed by atoms with Gasteiger partial charge in [0.1, 0.15) is 5.54 Å². The van der Waals surface area contributed by atoms with Crippen molar-refractivity contribution in [3.05, 3.63) is 0 Å². The van der Waals surface area contributed by atoms with Crippen molar-refractivity contribution in [1.82, 2.24) is 25.3 Å². The molecule has 4 amide bonds. The largest absolute Gasteiger partial charge is 0.355 e. The van der Waals surface area contributed by atoms with Gasteiger partial charge in [-0.25, -0.2) is 9.69 Å². The van der Waals surface area contributed by atoms with E-state index < -0.39 is 5.54 Å². The molecule has 2 saturated heterocycles. The van der Waals surface area contributed by atoms with Gasteiger partial charge in [-0.05, 0) is 19.3 Å². The number of hydrogen-bond acceptors (Lipinski definition) is 5. The van der Waals surface area contributed by atoms with E-state index in [1.807, 2.05) is 6.92 Å². The monoisotopic (exact) mass is 379 g/mol. The lowest BCUT2D eigenvalue weighted by molar-refractivity contribution is -0.133. The Balaban J connectivity index is 1.48. The second-order valence-electron chi connectivity index (χ2n) is 8.05. The number of amides is 4. The summed E-state index contributed by atoms with van der Waals surface area (Å²) in [5.74, 6) is 0.0190. The quantitative estimate of drug-likeness (QED) is 0.665. The lowest BCUT2D eigenvalue weighted by Gasteiger charge is -2.35. The molecule has 0 aromatic heterocycles. The number of nitrogens with one attached hydrogen (secondary N) is 2. The van der Waals surface area contributed by atoms with Crippen molar-refractivity contribution in [2.75, 3.05) is 45.9 Å². The van der Waals surface area contributed by atoms with Crippen molar-refractivity contribution in [3.63, 3.8) is 0 Å². The average Bonchev–Trinajstić information content (AvgIpc) is 2.83. The number of nitrogens with zero attached hydrogens (tertiary/aromatic N) is 3. The van der Waals surface area contributed by atoms with Crippen molar-refractivity contribution >= 4 is 17.8 Å². The fourth-order valence-electron chi connectivity index (χ4n) is 4.29. The van der Waals surface area contributed by atoms with Crippen molar-refractivity contribution in [3.8, 4) is 0 Å². The summed E-state index contributed by atoms with van der Waals surface area (Å²) in [5, 5.41) is 5.90. The molecule has 0 aromatic carbocycles. The zero-order valence-electron chi connectivity index (χ0n) is 16.5. The maximum absolute atomic E-state index is 13.0. The molecule has 1 aliphatic carbocycles. The average molecular weight is 380 g/mol. The van der Waals surface area contributed by atoms with Crippen LogP contribution in [0.3, 0.4) is 0 Å². The Kier molecular flexibility index (Phi) is 6.70. The molecule has 3 rings (SSSR count). The molecular weight excluding hydrogens is 346 g/mol. The summed E-state index contributed by atoms with van der Waals surface area (Å²) >= 11 is 0. The molecule has 2 aliphatic heterocycles. The summed E-state index contributed by atoms with van der Waals surface area (Å²) < 4.78 is 0. The summed E-state index contributed by atoms with van der Waals surface area (Å²) in [4.78, 5) is 42.9. The number of imide groups is 1. The molecule has 0 radical (unpaired) electrons. The van der Waals surface area contributed by atoms with Crippen LogP contribution in [-0.4, -0.2) is 84.0 Å². The third-order valence-corrected chi connectivity index (χ3v) is 5.95. The minimum Gasteiger partial charge on any atom is -0.355 e. The first-order valence-electron chi connectivity index (χ1n) is 10.4. The molecule has 0 unspecified atom stereocenters. The summed E-state index contributed by atoms with van der Waals surface area (Å²) in [6.45, 7) is 6.57. The number of rotatable bonds is 6. The lowest BCUT2D eigenvalue weighted by Crippen LogP contribution is -2.53. The van der Waals surface area contributed by atoms with Crippen molar-refractivity contribution in [2.24, 2.45) is 0 Å². The maximum Gasteiger partial charge on any atom is 0.326 e. The number of hydrogen-bond donors (Lipinski definition) is 2. The molecule has 152 valence electrons. The molecule has 2 N–H and O–H groups in total. The van der Waals surface area contributed by atoms with Gasteiger partial charge in [0.15, 0.2) is 0 Å². The van der Waals surface area contributed by atoms with Crippen molar-refractivity contribution in [2.45, 2.75) is 57.4 Å². The molecule has 1 saturated carbocycles. The van der Waals surface area contributed by atoms with E-state index in [9.17, 15) is 14.4 Å². The number of carbonyl (C=O) groups is 3. The van der Waals surface area contributed by atoms with E-state index in [1.54, 1.807) is 0 Å². The second kappa shape index (κ2) is 9.01. The van der Waals surface area contributed by atoms with E-state index in [2.05, 4.69) is 20.4 Å². The summed E-state index contributed by atoms with van der Waals surface area (Å²) in [7, 11) is 0. The van der Waals surface area contributed by atoms with Gasteiger partial charge in [-0.3, -0.25) is 19.4 Å². The Hall–Kier alpha value is -1.67. The number of piperazine rings is 1. The van der Waals surface area contributed by atoms with E-state index in [1.165, 1.54) is 4.90 Å². The zero-order valence-corrected chi connectivity index (χ0v) is 16.5. The second-order valence-corrected chi connectivity index (χ2v) is 8.05. The highest BCUT2D eigenvalue weighted by Crippen LogP contribution is 2.32. The lowest BCUT2D eigenvalue weighted by atomic mass is 9.90. The van der Waals surface area contributed by atoms with Crippen molar-refractivity contribution in [1.29, 1.82) is 0 Å². The molecule has 1 spiro atoms. The van der Waals surface area contributed by atoms with Gasteiger partial charge in [-0.2, -0.15) is 0 Å². The van der Waals surface area contributed by atoms with Crippen LogP contribution in [0.2, 0.25) is 0 Å². The first-order chi connectivity index (χ1) is 13.0. The van der Waals surface area contributed by atoms with Crippen LogP contribution in [0.1, 0.15) is 51.9 Å². The van der Waals surface area contributed by atoms with Crippen LogP contribution in [0.25, 0.3) is 0 Å². The van der Waals surface area contributed by atoms with E-state index in [-0.39, 0.29) is 17.8 Å². The van der Waals surface area contributed by atoms with Crippen molar-refractivity contribution < 1.29 is 14.4 Å². The van der Waals surface area contributed by atoms with Gasteiger partial charge >= 0.3 is 6.03 Å². The van der Waals surface area contributed by atoms with Crippen LogP contribution < -0.4 is 10.6 Å². The molecule has 0 aromatic rings. The Morgan fingerprint density at radius 2 is 1.67 bits per heavy atom. The molecule has 0 bridgehead atoms. The molecule has 8 heteroatoms. The summed E-state index contributed by atoms with van der Waals surface area (Å²) in [6, 6.07) is -0.247. The molecule has 0 atom stereocenters. The zero-order chi connectivity index (χ0) is 19.3. The standard InChI is InChI=1S/C19H33N5O3/c1-2-9-20-16(25)14-22-10-12-23(13-11-22)15-24-17(26)19(21-18(24)27)7-5-3-4-6-8-19/h2-15H2,1H3,(H,20,25)(H,21,27). The summed E-state index contributed by atoms with van der Waals surface area (Å²) in [5.41, 5.74) is -0.660. The topological polar surface area (TPSA) is 85.0 Å². The Bertz CT molecular complexity index is 552. The minimum atomic E-state index is -0.660. The summed E-state index contributed by atoms with van der Waals surface area (Å²) in [6.07, 6.45) is 6.73. The van der Waals surface area contributed by atoms with Crippen LogP contribution >= 0.6 is 0 Å². The Morgan fingerprint density at radius 3 is 2.30 bits per heavy atom. The first kappa shape index (κ1) is 20.1. The maximum atomic E-state index is 13.0. The van der Waals surface area contributed by atoms with Gasteiger partial charge in [0, 0.05) is 32.7 Å². The predicted molar refractivity (Wildman–Crippen MR) is 102 cm³/mol. The van der Waals surface area contributed by atoms with E-state index >= 15 is 0 Å².